The molecule has 1 nitrogen and oxygen atoms in total. The van der Waals surface area contributed by atoms with Crippen LogP contribution in [-0.4, -0.2) is 11.2 Å². The lowest BCUT2D eigenvalue weighted by Crippen LogP contribution is -2.17. The molecule has 0 heterocycles. The summed E-state index contributed by atoms with van der Waals surface area (Å²) in [5.74, 6) is 3.17. The summed E-state index contributed by atoms with van der Waals surface area (Å²) in [6.45, 7) is 0. The molecule has 1 saturated carbocycles. The molecule has 0 aromatic heterocycles. The first-order chi connectivity index (χ1) is 5.84. The van der Waals surface area contributed by atoms with Crippen LogP contribution in [0.1, 0.15) is 44.9 Å². The summed E-state index contributed by atoms with van der Waals surface area (Å²) in [4.78, 5) is 0. The Morgan fingerprint density at radius 1 is 1.42 bits per heavy atom. The lowest BCUT2D eigenvalue weighted by Gasteiger charge is -2.16. The quantitative estimate of drug-likeness (QED) is 0.502. The number of hydrogen-bond acceptors (Lipinski definition) is 1. The zero-order valence-electron chi connectivity index (χ0n) is 7.63. The van der Waals surface area contributed by atoms with E-state index in [1.54, 1.807) is 0 Å². The molecule has 0 spiro atoms. The molecule has 0 saturated heterocycles. The van der Waals surface area contributed by atoms with Gasteiger partial charge in [-0.05, 0) is 31.6 Å². The largest absolute Gasteiger partial charge is 0.393 e. The first-order valence-electron chi connectivity index (χ1n) is 4.96. The summed E-state index contributed by atoms with van der Waals surface area (Å²) in [5, 5.41) is 9.71. The van der Waals surface area contributed by atoms with Gasteiger partial charge < -0.3 is 5.11 Å². The maximum absolute atomic E-state index is 9.71. The van der Waals surface area contributed by atoms with E-state index in [4.69, 9.17) is 6.42 Å². The van der Waals surface area contributed by atoms with Crippen molar-refractivity contribution in [2.45, 2.75) is 51.0 Å². The third kappa shape index (κ3) is 2.87. The first kappa shape index (κ1) is 9.61. The van der Waals surface area contributed by atoms with Crippen molar-refractivity contribution in [1.82, 2.24) is 0 Å². The van der Waals surface area contributed by atoms with E-state index in [0.717, 1.165) is 19.3 Å². The van der Waals surface area contributed by atoms with Crippen molar-refractivity contribution in [3.63, 3.8) is 0 Å². The Bertz CT molecular complexity index is 151. The van der Waals surface area contributed by atoms with Gasteiger partial charge in [0, 0.05) is 6.42 Å². The second kappa shape index (κ2) is 5.22. The van der Waals surface area contributed by atoms with Gasteiger partial charge in [0.1, 0.15) is 0 Å². The van der Waals surface area contributed by atoms with Gasteiger partial charge >= 0.3 is 0 Å². The van der Waals surface area contributed by atoms with Gasteiger partial charge in [0.25, 0.3) is 0 Å². The number of aliphatic hydroxyl groups is 1. The Morgan fingerprint density at radius 3 is 2.67 bits per heavy atom. The van der Waals surface area contributed by atoms with Crippen molar-refractivity contribution >= 4 is 0 Å². The van der Waals surface area contributed by atoms with Gasteiger partial charge in [0.2, 0.25) is 0 Å². The monoisotopic (exact) mass is 166 g/mol. The van der Waals surface area contributed by atoms with Gasteiger partial charge in [-0.1, -0.05) is 12.8 Å². The fourth-order valence-electron chi connectivity index (χ4n) is 1.99. The van der Waals surface area contributed by atoms with Crippen LogP contribution >= 0.6 is 0 Å². The summed E-state index contributed by atoms with van der Waals surface area (Å²) in [7, 11) is 0. The summed E-state index contributed by atoms with van der Waals surface area (Å²) in [6.07, 6.45) is 12.8. The van der Waals surface area contributed by atoms with Crippen molar-refractivity contribution in [3.8, 4) is 12.3 Å². The van der Waals surface area contributed by atoms with Crippen LogP contribution in [0.25, 0.3) is 0 Å². The molecule has 12 heavy (non-hydrogen) atoms. The summed E-state index contributed by atoms with van der Waals surface area (Å²) >= 11 is 0. The molecule has 0 radical (unpaired) electrons. The minimum Gasteiger partial charge on any atom is -0.393 e. The lowest BCUT2D eigenvalue weighted by molar-refractivity contribution is 0.100. The Morgan fingerprint density at radius 2 is 2.08 bits per heavy atom. The van der Waals surface area contributed by atoms with E-state index >= 15 is 0 Å². The number of unbranched alkanes of at least 4 members (excludes halogenated alkanes) is 1. The maximum atomic E-state index is 9.71. The number of aliphatic hydroxyl groups excluding tert-OH is 1. The average Bonchev–Trinajstić information content (AvgIpc) is 2.56. The van der Waals surface area contributed by atoms with Crippen LogP contribution < -0.4 is 0 Å². The van der Waals surface area contributed by atoms with Crippen LogP contribution in [-0.2, 0) is 0 Å². The van der Waals surface area contributed by atoms with E-state index in [1.807, 2.05) is 0 Å². The van der Waals surface area contributed by atoms with E-state index in [-0.39, 0.29) is 6.10 Å². The molecule has 0 aliphatic heterocycles. The third-order valence-electron chi connectivity index (χ3n) is 2.76. The van der Waals surface area contributed by atoms with Crippen LogP contribution in [0.5, 0.6) is 0 Å². The van der Waals surface area contributed by atoms with Gasteiger partial charge in [-0.2, -0.15) is 0 Å². The summed E-state index contributed by atoms with van der Waals surface area (Å²) < 4.78 is 0. The van der Waals surface area contributed by atoms with Crippen LogP contribution in [0.4, 0.5) is 0 Å². The van der Waals surface area contributed by atoms with E-state index in [0.29, 0.717) is 5.92 Å². The standard InChI is InChI=1S/C11H18O/c1-2-3-4-9-11(12)10-7-5-6-8-10/h1,10-12H,3-9H2. The zero-order chi connectivity index (χ0) is 8.81. The lowest BCUT2D eigenvalue weighted by atomic mass is 9.96. The van der Waals surface area contributed by atoms with Gasteiger partial charge in [-0.3, -0.25) is 0 Å². The minimum absolute atomic E-state index is 0.0825. The molecule has 1 rings (SSSR count). The highest BCUT2D eigenvalue weighted by atomic mass is 16.3. The molecule has 1 fully saturated rings. The molecular weight excluding hydrogens is 148 g/mol. The molecule has 1 heteroatoms. The predicted octanol–water partition coefficient (Wildman–Crippen LogP) is 2.34. The van der Waals surface area contributed by atoms with Crippen LogP contribution in [0.3, 0.4) is 0 Å². The molecule has 1 N–H and O–H groups in total. The molecule has 1 atom stereocenters. The highest BCUT2D eigenvalue weighted by Gasteiger charge is 2.22. The van der Waals surface area contributed by atoms with E-state index in [2.05, 4.69) is 5.92 Å². The number of rotatable bonds is 4. The van der Waals surface area contributed by atoms with Crippen molar-refractivity contribution in [2.24, 2.45) is 5.92 Å². The minimum atomic E-state index is -0.0825. The molecule has 0 aromatic rings. The van der Waals surface area contributed by atoms with Crippen molar-refractivity contribution in [2.75, 3.05) is 0 Å². The molecule has 1 aliphatic carbocycles. The summed E-state index contributed by atoms with van der Waals surface area (Å²) in [6, 6.07) is 0. The van der Waals surface area contributed by atoms with Crippen molar-refractivity contribution in [1.29, 1.82) is 0 Å². The molecule has 0 aromatic carbocycles. The fourth-order valence-corrected chi connectivity index (χ4v) is 1.99. The molecule has 1 aliphatic rings. The topological polar surface area (TPSA) is 20.2 Å². The number of terminal acetylenes is 1. The fraction of sp³-hybridized carbons (Fsp3) is 0.818. The van der Waals surface area contributed by atoms with E-state index < -0.39 is 0 Å². The molecular formula is C11H18O. The molecule has 68 valence electrons. The van der Waals surface area contributed by atoms with Gasteiger partial charge in [-0.25, -0.2) is 0 Å². The highest BCUT2D eigenvalue weighted by molar-refractivity contribution is 4.84. The SMILES string of the molecule is C#CCCCC(O)C1CCCC1. The highest BCUT2D eigenvalue weighted by Crippen LogP contribution is 2.29. The molecule has 0 amide bonds. The van der Waals surface area contributed by atoms with Gasteiger partial charge in [0.15, 0.2) is 0 Å². The zero-order valence-corrected chi connectivity index (χ0v) is 7.63. The Balaban J connectivity index is 2.10. The molecule has 0 bridgehead atoms. The van der Waals surface area contributed by atoms with Crippen LogP contribution in [0.2, 0.25) is 0 Å². The smallest absolute Gasteiger partial charge is 0.0568 e. The first-order valence-corrected chi connectivity index (χ1v) is 4.96. The molecule has 1 unspecified atom stereocenters. The third-order valence-corrected chi connectivity index (χ3v) is 2.76. The van der Waals surface area contributed by atoms with Crippen molar-refractivity contribution < 1.29 is 5.11 Å². The van der Waals surface area contributed by atoms with E-state index in [1.165, 1.54) is 25.7 Å². The Labute approximate surface area is 75.2 Å². The normalized spacial score (nSPS) is 20.7. The second-order valence-corrected chi connectivity index (χ2v) is 3.71. The number of hydrogen-bond donors (Lipinski definition) is 1. The van der Waals surface area contributed by atoms with Crippen LogP contribution in [0, 0.1) is 18.3 Å². The predicted molar refractivity (Wildman–Crippen MR) is 50.6 cm³/mol. The Hall–Kier alpha value is -0.480. The van der Waals surface area contributed by atoms with Gasteiger partial charge in [-0.15, -0.1) is 12.3 Å². The summed E-state index contributed by atoms with van der Waals surface area (Å²) in [5.41, 5.74) is 0. The van der Waals surface area contributed by atoms with E-state index in [9.17, 15) is 5.11 Å². The second-order valence-electron chi connectivity index (χ2n) is 3.71. The maximum Gasteiger partial charge on any atom is 0.0568 e. The van der Waals surface area contributed by atoms with Crippen molar-refractivity contribution in [3.05, 3.63) is 0 Å². The van der Waals surface area contributed by atoms with Gasteiger partial charge in [0.05, 0.1) is 6.10 Å². The van der Waals surface area contributed by atoms with Crippen LogP contribution in [0.15, 0.2) is 0 Å². The Kier molecular flexibility index (Phi) is 4.18. The average molecular weight is 166 g/mol.